The van der Waals surface area contributed by atoms with Gasteiger partial charge in [-0.3, -0.25) is 9.59 Å². The van der Waals surface area contributed by atoms with Gasteiger partial charge in [0.2, 0.25) is 5.91 Å². The highest BCUT2D eigenvalue weighted by Crippen LogP contribution is 2.27. The molecule has 8 heteroatoms. The number of likely N-dealkylation sites (tertiary alicyclic amines) is 1. The molecule has 1 amide bonds. The summed E-state index contributed by atoms with van der Waals surface area (Å²) in [6.07, 6.45) is 2.16. The number of nitrogens with zero attached hydrogens (tertiary/aromatic N) is 2. The minimum atomic E-state index is -0.154. The standard InChI is InChI=1S/C18H26N4O2S2/c1-10-11(2)26-17-15(10)16(23)20-14(21-17)9-25-12(3)18(24)22-7-5-6-13(8-22)19-4/h12-13,19H,5-9H2,1-4H3,(H,20,21,23). The van der Waals surface area contributed by atoms with Crippen LogP contribution in [0.1, 0.15) is 36.0 Å². The van der Waals surface area contributed by atoms with E-state index < -0.39 is 0 Å². The first kappa shape index (κ1) is 19.4. The summed E-state index contributed by atoms with van der Waals surface area (Å²) in [4.78, 5) is 36.4. The van der Waals surface area contributed by atoms with Crippen molar-refractivity contribution in [1.29, 1.82) is 0 Å². The van der Waals surface area contributed by atoms with Crippen LogP contribution < -0.4 is 10.9 Å². The summed E-state index contributed by atoms with van der Waals surface area (Å²) in [5, 5.41) is 3.80. The van der Waals surface area contributed by atoms with E-state index in [4.69, 9.17) is 0 Å². The minimum Gasteiger partial charge on any atom is -0.340 e. The molecule has 0 radical (unpaired) electrons. The third-order valence-corrected chi connectivity index (χ3v) is 7.29. The van der Waals surface area contributed by atoms with E-state index in [9.17, 15) is 9.59 Å². The number of nitrogens with one attached hydrogen (secondary N) is 2. The van der Waals surface area contributed by atoms with Gasteiger partial charge in [-0.2, -0.15) is 0 Å². The minimum absolute atomic E-state index is 0.0840. The molecule has 1 fully saturated rings. The van der Waals surface area contributed by atoms with Gasteiger partial charge in [-0.15, -0.1) is 23.1 Å². The van der Waals surface area contributed by atoms with E-state index in [1.807, 2.05) is 32.7 Å². The van der Waals surface area contributed by atoms with Crippen LogP contribution in [0.15, 0.2) is 4.79 Å². The highest BCUT2D eigenvalue weighted by Gasteiger charge is 2.26. The Labute approximate surface area is 161 Å². The van der Waals surface area contributed by atoms with Crippen molar-refractivity contribution in [2.45, 2.75) is 50.7 Å². The normalized spacial score (nSPS) is 19.1. The molecule has 0 aromatic carbocycles. The Morgan fingerprint density at radius 1 is 1.50 bits per heavy atom. The lowest BCUT2D eigenvalue weighted by Crippen LogP contribution is -2.49. The summed E-state index contributed by atoms with van der Waals surface area (Å²) >= 11 is 3.08. The number of aromatic amines is 1. The van der Waals surface area contributed by atoms with Crippen LogP contribution in [0.25, 0.3) is 10.2 Å². The lowest BCUT2D eigenvalue weighted by atomic mass is 10.1. The van der Waals surface area contributed by atoms with Gasteiger partial charge in [-0.1, -0.05) is 0 Å². The fourth-order valence-corrected chi connectivity index (χ4v) is 5.20. The van der Waals surface area contributed by atoms with Crippen LogP contribution in [-0.4, -0.2) is 52.2 Å². The summed E-state index contributed by atoms with van der Waals surface area (Å²) in [6, 6.07) is 0.385. The van der Waals surface area contributed by atoms with Gasteiger partial charge in [0.25, 0.3) is 5.56 Å². The molecule has 1 aliphatic heterocycles. The molecule has 0 saturated carbocycles. The Balaban J connectivity index is 1.65. The zero-order valence-electron chi connectivity index (χ0n) is 15.7. The molecule has 1 aliphatic rings. The fourth-order valence-electron chi connectivity index (χ4n) is 3.31. The number of hydrogen-bond donors (Lipinski definition) is 2. The summed E-state index contributed by atoms with van der Waals surface area (Å²) in [6.45, 7) is 7.50. The first-order chi connectivity index (χ1) is 12.4. The van der Waals surface area contributed by atoms with Gasteiger partial charge in [0.1, 0.15) is 10.7 Å². The molecule has 0 spiro atoms. The van der Waals surface area contributed by atoms with Gasteiger partial charge >= 0.3 is 0 Å². The number of H-pyrrole nitrogens is 1. The smallest absolute Gasteiger partial charge is 0.259 e. The van der Waals surface area contributed by atoms with Crippen molar-refractivity contribution in [3.63, 3.8) is 0 Å². The second kappa shape index (κ2) is 8.10. The highest BCUT2D eigenvalue weighted by molar-refractivity contribution is 7.99. The lowest BCUT2D eigenvalue weighted by molar-refractivity contribution is -0.131. The van der Waals surface area contributed by atoms with Crippen molar-refractivity contribution in [3.8, 4) is 0 Å². The van der Waals surface area contributed by atoms with Crippen LogP contribution in [0, 0.1) is 13.8 Å². The Bertz CT molecular complexity index is 861. The monoisotopic (exact) mass is 394 g/mol. The predicted octanol–water partition coefficient (Wildman–Crippen LogP) is 2.43. The number of rotatable bonds is 5. The number of carbonyl (C=O) groups excluding carboxylic acids is 1. The van der Waals surface area contributed by atoms with E-state index in [1.165, 1.54) is 11.8 Å². The quantitative estimate of drug-likeness (QED) is 0.814. The molecule has 2 N–H and O–H groups in total. The molecule has 2 aromatic rings. The Hall–Kier alpha value is -1.38. The van der Waals surface area contributed by atoms with Gasteiger partial charge in [0, 0.05) is 24.0 Å². The SMILES string of the molecule is CNC1CCCN(C(=O)C(C)SCc2nc3sc(C)c(C)c3c(=O)[nH]2)C1. The molecule has 0 bridgehead atoms. The molecule has 3 heterocycles. The molecule has 0 aliphatic carbocycles. The predicted molar refractivity (Wildman–Crippen MR) is 109 cm³/mol. The van der Waals surface area contributed by atoms with Crippen LogP contribution in [0.5, 0.6) is 0 Å². The molecule has 2 atom stereocenters. The summed E-state index contributed by atoms with van der Waals surface area (Å²) in [7, 11) is 1.95. The molecule has 3 rings (SSSR count). The van der Waals surface area contributed by atoms with E-state index in [1.54, 1.807) is 11.3 Å². The third kappa shape index (κ3) is 3.97. The van der Waals surface area contributed by atoms with Gasteiger partial charge in [-0.05, 0) is 46.2 Å². The number of hydrogen-bond acceptors (Lipinski definition) is 6. The fraction of sp³-hybridized carbons (Fsp3) is 0.611. The van der Waals surface area contributed by atoms with Gasteiger partial charge < -0.3 is 15.2 Å². The molecule has 142 valence electrons. The number of carbonyl (C=O) groups is 1. The van der Waals surface area contributed by atoms with Crippen molar-refractivity contribution in [1.82, 2.24) is 20.2 Å². The maximum atomic E-state index is 12.7. The number of piperidine rings is 1. The number of thiophene rings is 1. The lowest BCUT2D eigenvalue weighted by Gasteiger charge is -2.34. The van der Waals surface area contributed by atoms with E-state index in [0.717, 1.165) is 41.2 Å². The molecule has 2 unspecified atom stereocenters. The molecule has 26 heavy (non-hydrogen) atoms. The molecule has 6 nitrogen and oxygen atoms in total. The van der Waals surface area contributed by atoms with Crippen molar-refractivity contribution in [3.05, 3.63) is 26.6 Å². The van der Waals surface area contributed by atoms with E-state index >= 15 is 0 Å². The van der Waals surface area contributed by atoms with Crippen molar-refractivity contribution in [2.24, 2.45) is 0 Å². The molecular weight excluding hydrogens is 368 g/mol. The van der Waals surface area contributed by atoms with Crippen molar-refractivity contribution in [2.75, 3.05) is 20.1 Å². The van der Waals surface area contributed by atoms with Crippen LogP contribution >= 0.6 is 23.1 Å². The topological polar surface area (TPSA) is 78.1 Å². The number of aromatic nitrogens is 2. The van der Waals surface area contributed by atoms with Gasteiger partial charge in [-0.25, -0.2) is 4.98 Å². The Morgan fingerprint density at radius 3 is 3.00 bits per heavy atom. The van der Waals surface area contributed by atoms with Crippen LogP contribution in [0.3, 0.4) is 0 Å². The molecule has 2 aromatic heterocycles. The number of likely N-dealkylation sites (N-methyl/N-ethyl adjacent to an activating group) is 1. The average Bonchev–Trinajstić information content (AvgIpc) is 2.93. The Morgan fingerprint density at radius 2 is 2.27 bits per heavy atom. The number of amides is 1. The second-order valence-corrected chi connectivity index (χ2v) is 9.37. The first-order valence-electron chi connectivity index (χ1n) is 8.97. The zero-order valence-corrected chi connectivity index (χ0v) is 17.4. The second-order valence-electron chi connectivity index (χ2n) is 6.84. The Kier molecular flexibility index (Phi) is 6.04. The molecular formula is C18H26N4O2S2. The summed E-state index contributed by atoms with van der Waals surface area (Å²) < 4.78 is 0. The van der Waals surface area contributed by atoms with Gasteiger partial charge in [0.15, 0.2) is 0 Å². The van der Waals surface area contributed by atoms with Crippen molar-refractivity contribution >= 4 is 39.2 Å². The highest BCUT2D eigenvalue weighted by atomic mass is 32.2. The van der Waals surface area contributed by atoms with E-state index in [-0.39, 0.29) is 16.7 Å². The average molecular weight is 395 g/mol. The number of aryl methyl sites for hydroxylation is 2. The summed E-state index contributed by atoms with van der Waals surface area (Å²) in [5.41, 5.74) is 0.921. The number of thioether (sulfide) groups is 1. The van der Waals surface area contributed by atoms with Crippen LogP contribution in [-0.2, 0) is 10.5 Å². The zero-order chi connectivity index (χ0) is 18.8. The first-order valence-corrected chi connectivity index (χ1v) is 10.8. The molecule has 1 saturated heterocycles. The number of fused-ring (bicyclic) bond motifs is 1. The maximum absolute atomic E-state index is 12.7. The largest absolute Gasteiger partial charge is 0.340 e. The maximum Gasteiger partial charge on any atom is 0.259 e. The summed E-state index contributed by atoms with van der Waals surface area (Å²) in [5.74, 6) is 1.33. The van der Waals surface area contributed by atoms with E-state index in [2.05, 4.69) is 15.3 Å². The van der Waals surface area contributed by atoms with Crippen molar-refractivity contribution < 1.29 is 4.79 Å². The van der Waals surface area contributed by atoms with Crippen LogP contribution in [0.2, 0.25) is 0 Å². The van der Waals surface area contributed by atoms with E-state index in [0.29, 0.717) is 23.0 Å². The van der Waals surface area contributed by atoms with Crippen LogP contribution in [0.4, 0.5) is 0 Å². The van der Waals surface area contributed by atoms with Gasteiger partial charge in [0.05, 0.1) is 16.4 Å². The third-order valence-electron chi connectivity index (χ3n) is 5.05.